The van der Waals surface area contributed by atoms with Crippen molar-refractivity contribution in [2.45, 2.75) is 49.1 Å². The highest BCUT2D eigenvalue weighted by molar-refractivity contribution is 8.44. The van der Waals surface area contributed by atoms with Crippen molar-refractivity contribution in [1.29, 1.82) is 0 Å². The fourth-order valence-electron chi connectivity index (χ4n) is 5.28. The summed E-state index contributed by atoms with van der Waals surface area (Å²) < 4.78 is 78.9. The molecule has 0 radical (unpaired) electrons. The molecule has 25 heteroatoms. The number of alkyl halides is 1. The predicted octanol–water partition coefficient (Wildman–Crippen LogP) is 0.511. The Bertz CT molecular complexity index is 1950. The number of rotatable bonds is 2. The van der Waals surface area contributed by atoms with E-state index in [-0.39, 0.29) is 34.1 Å². The third-order valence-electron chi connectivity index (χ3n) is 7.28. The lowest BCUT2D eigenvalue weighted by Crippen LogP contribution is -2.37. The van der Waals surface area contributed by atoms with Crippen LogP contribution >= 0.6 is 38.1 Å². The van der Waals surface area contributed by atoms with Gasteiger partial charge in [0.05, 0.1) is 25.9 Å². The van der Waals surface area contributed by atoms with Crippen molar-refractivity contribution in [2.24, 2.45) is 0 Å². The first kappa shape index (κ1) is 30.9. The van der Waals surface area contributed by atoms with E-state index in [9.17, 15) is 19.0 Å². The van der Waals surface area contributed by atoms with E-state index in [1.165, 1.54) is 17.2 Å². The van der Waals surface area contributed by atoms with Gasteiger partial charge in [-0.25, -0.2) is 33.5 Å². The average molecular weight is 709 g/mol. The van der Waals surface area contributed by atoms with Gasteiger partial charge in [-0.2, -0.15) is 4.98 Å². The monoisotopic (exact) mass is 708 g/mol. The van der Waals surface area contributed by atoms with Crippen LogP contribution in [0, 0.1) is 0 Å². The van der Waals surface area contributed by atoms with Crippen LogP contribution in [-0.2, 0) is 36.7 Å². The number of fused-ring (bicyclic) bond motifs is 4. The van der Waals surface area contributed by atoms with Crippen molar-refractivity contribution in [3.8, 4) is 0 Å². The molecule has 0 spiro atoms. The highest BCUT2D eigenvalue weighted by Gasteiger charge is 2.54. The Balaban J connectivity index is 1.17. The molecule has 4 aromatic heterocycles. The smallest absolute Gasteiger partial charge is 0.386 e. The van der Waals surface area contributed by atoms with E-state index in [1.54, 1.807) is 0 Å². The number of H-pyrrole nitrogens is 1. The summed E-state index contributed by atoms with van der Waals surface area (Å²) in [5.41, 5.74) is 11.0. The first-order chi connectivity index (χ1) is 21.3. The van der Waals surface area contributed by atoms with E-state index >= 15 is 4.39 Å². The molecule has 10 atom stereocenters. The number of aromatic amines is 1. The van der Waals surface area contributed by atoms with E-state index in [2.05, 4.69) is 54.4 Å². The SMILES string of the molecule is Nc1nc2c(ncn2[C@@H]2O[C@@H]3CO[P@@](=O)(S)O[C@@H]4C(CO[P@](=O)(S)O[C@H]3[C@H]2F)O[C@@H](n2cnc3c(N)ncnc32)[C@@H]4O)c(=O)[nH]1. The molecule has 0 aliphatic carbocycles. The molecular weight excluding hydrogens is 685 g/mol. The Kier molecular flexibility index (Phi) is 7.72. The molecule has 6 N–H and O–H groups in total. The topological polar surface area (TPSA) is 269 Å². The summed E-state index contributed by atoms with van der Waals surface area (Å²) in [6, 6.07) is 0. The number of nitrogen functional groups attached to an aromatic ring is 2. The van der Waals surface area contributed by atoms with E-state index in [1.807, 2.05) is 0 Å². The summed E-state index contributed by atoms with van der Waals surface area (Å²) in [4.78, 5) is 34.6. The van der Waals surface area contributed by atoms with Crippen LogP contribution in [0.15, 0.2) is 23.8 Å². The number of imidazole rings is 2. The molecule has 7 heterocycles. The summed E-state index contributed by atoms with van der Waals surface area (Å²) in [6.07, 6.45) is -8.62. The zero-order valence-electron chi connectivity index (χ0n) is 22.3. The number of aromatic nitrogens is 8. The van der Waals surface area contributed by atoms with Crippen molar-refractivity contribution in [3.05, 3.63) is 29.3 Å². The summed E-state index contributed by atoms with van der Waals surface area (Å²) in [6.45, 7) is -10.0. The number of hydrogen-bond acceptors (Lipinski definition) is 17. The van der Waals surface area contributed by atoms with Gasteiger partial charge in [0.1, 0.15) is 42.4 Å². The summed E-state index contributed by atoms with van der Waals surface area (Å²) in [7, 11) is 0. The maximum atomic E-state index is 16.0. The Hall–Kier alpha value is -2.69. The number of anilines is 2. The van der Waals surface area contributed by atoms with Crippen molar-refractivity contribution >= 4 is 72.2 Å². The van der Waals surface area contributed by atoms with Crippen LogP contribution in [0.2, 0.25) is 0 Å². The fraction of sp³-hybridized carbons (Fsp3) is 0.500. The van der Waals surface area contributed by atoms with Crippen LogP contribution in [0.3, 0.4) is 0 Å². The molecule has 242 valence electrons. The van der Waals surface area contributed by atoms with Crippen LogP contribution in [0.5, 0.6) is 0 Å². The number of aliphatic hydroxyl groups is 1. The van der Waals surface area contributed by atoms with Gasteiger partial charge in [-0.1, -0.05) is 24.5 Å². The number of nitrogens with two attached hydrogens (primary N) is 2. The lowest BCUT2D eigenvalue weighted by atomic mass is 10.1. The maximum absolute atomic E-state index is 16.0. The lowest BCUT2D eigenvalue weighted by molar-refractivity contribution is -0.0555. The number of aliphatic hydroxyl groups excluding tert-OH is 1. The number of nitrogens with zero attached hydrogens (tertiary/aromatic N) is 7. The first-order valence-corrected chi connectivity index (χ1v) is 18.3. The standard InChI is InChI=1S/C20H23FN10O10P2S2/c21-8-12-6(38-18(8)31-5-27-10-16(31)28-20(23)29-17(10)33)1-36-43(35,45)41-13-7(2-37-42(34,44)40-12)39-19(11(13)32)30-4-26-9-14(22)24-3-25-15(9)30/h3-8,11-13,18-19,32H,1-2H2,(H,34,44)(H,35,45)(H2,22,24,25)(H3,23,28,29,33)/t6-,7?,8-,11-,12-,13-,18-,19-,42+,43-/m1/s1. The minimum atomic E-state index is -4.40. The van der Waals surface area contributed by atoms with Crippen molar-refractivity contribution < 1.29 is 46.2 Å². The largest absolute Gasteiger partial charge is 0.386 e. The second-order valence-corrected chi connectivity index (χ2v) is 15.8. The third kappa shape index (κ3) is 5.54. The maximum Gasteiger partial charge on any atom is 0.386 e. The number of halogens is 1. The number of thiol groups is 2. The van der Waals surface area contributed by atoms with Gasteiger partial charge in [0.2, 0.25) is 5.95 Å². The molecule has 7 rings (SSSR count). The Morgan fingerprint density at radius 1 is 0.911 bits per heavy atom. The molecule has 0 saturated carbocycles. The molecule has 0 amide bonds. The van der Waals surface area contributed by atoms with Crippen LogP contribution in [0.25, 0.3) is 22.3 Å². The molecule has 0 aromatic carbocycles. The van der Waals surface area contributed by atoms with Gasteiger partial charge < -0.3 is 26.0 Å². The summed E-state index contributed by atoms with van der Waals surface area (Å²) in [5.74, 6) is -0.179. The van der Waals surface area contributed by atoms with E-state index in [4.69, 9.17) is 39.0 Å². The van der Waals surface area contributed by atoms with Crippen LogP contribution < -0.4 is 17.0 Å². The van der Waals surface area contributed by atoms with Crippen LogP contribution in [-0.4, -0.2) is 94.0 Å². The minimum absolute atomic E-state index is 0.0789. The summed E-state index contributed by atoms with van der Waals surface area (Å²) in [5, 5.41) is 11.2. The second-order valence-electron chi connectivity index (χ2n) is 10.1. The Labute approximate surface area is 260 Å². The molecular formula is C20H23FN10O10P2S2. The fourth-order valence-corrected chi connectivity index (χ4v) is 8.25. The molecule has 3 saturated heterocycles. The highest BCUT2D eigenvalue weighted by Crippen LogP contribution is 2.60. The molecule has 20 nitrogen and oxygen atoms in total. The molecule has 1 unspecified atom stereocenters. The zero-order valence-corrected chi connectivity index (χ0v) is 25.9. The highest BCUT2D eigenvalue weighted by atomic mass is 32.7. The zero-order chi connectivity index (χ0) is 31.8. The Morgan fingerprint density at radius 2 is 1.51 bits per heavy atom. The molecule has 4 aromatic rings. The van der Waals surface area contributed by atoms with Gasteiger partial charge in [-0.05, 0) is 0 Å². The molecule has 0 bridgehead atoms. The van der Waals surface area contributed by atoms with E-state index < -0.39 is 81.5 Å². The first-order valence-electron chi connectivity index (χ1n) is 12.9. The quantitative estimate of drug-likeness (QED) is 0.122. The van der Waals surface area contributed by atoms with Crippen molar-refractivity contribution in [3.63, 3.8) is 0 Å². The van der Waals surface area contributed by atoms with Gasteiger partial charge in [-0.3, -0.25) is 37.0 Å². The number of nitrogens with one attached hydrogen (secondary N) is 1. The average Bonchev–Trinajstić information content (AvgIpc) is 3.72. The van der Waals surface area contributed by atoms with Crippen LogP contribution in [0.1, 0.15) is 12.5 Å². The van der Waals surface area contributed by atoms with E-state index in [0.717, 1.165) is 10.9 Å². The summed E-state index contributed by atoms with van der Waals surface area (Å²) >= 11 is 8.03. The van der Waals surface area contributed by atoms with Crippen molar-refractivity contribution in [1.82, 2.24) is 39.0 Å². The number of hydrogen-bond donors (Lipinski definition) is 6. The molecule has 3 fully saturated rings. The van der Waals surface area contributed by atoms with Gasteiger partial charge in [0.25, 0.3) is 5.56 Å². The minimum Gasteiger partial charge on any atom is -0.386 e. The third-order valence-corrected chi connectivity index (χ3v) is 10.5. The van der Waals surface area contributed by atoms with Crippen LogP contribution in [0.4, 0.5) is 16.2 Å². The lowest BCUT2D eigenvalue weighted by Gasteiger charge is -2.28. The van der Waals surface area contributed by atoms with E-state index in [0.29, 0.717) is 0 Å². The molecule has 3 aliphatic rings. The molecule has 45 heavy (non-hydrogen) atoms. The Morgan fingerprint density at radius 3 is 2.22 bits per heavy atom. The van der Waals surface area contributed by atoms with Gasteiger partial charge >= 0.3 is 13.6 Å². The van der Waals surface area contributed by atoms with Gasteiger partial charge in [0, 0.05) is 0 Å². The normalized spacial score (nSPS) is 37.7. The van der Waals surface area contributed by atoms with Gasteiger partial charge in [0.15, 0.2) is 41.3 Å². The molecule has 3 aliphatic heterocycles. The van der Waals surface area contributed by atoms with Crippen molar-refractivity contribution in [2.75, 3.05) is 24.7 Å². The predicted molar refractivity (Wildman–Crippen MR) is 156 cm³/mol. The number of ether oxygens (including phenoxy) is 2. The second kappa shape index (κ2) is 11.2. The van der Waals surface area contributed by atoms with Gasteiger partial charge in [-0.15, -0.1) is 0 Å².